The minimum atomic E-state index is -0.980. The third kappa shape index (κ3) is 3.38. The maximum Gasteiger partial charge on any atom is 0.412 e. The summed E-state index contributed by atoms with van der Waals surface area (Å²) in [5.74, 6) is -1.09. The number of benzene rings is 1. The molecule has 2 amide bonds. The molecule has 8 heteroatoms. The maximum atomic E-state index is 13.0. The van der Waals surface area contributed by atoms with Crippen LogP contribution in [0.25, 0.3) is 0 Å². The molecule has 0 saturated heterocycles. The Bertz CT molecular complexity index is 825. The fourth-order valence-electron chi connectivity index (χ4n) is 4.93. The molecule has 0 aromatic heterocycles. The van der Waals surface area contributed by atoms with E-state index < -0.39 is 12.1 Å². The van der Waals surface area contributed by atoms with Crippen molar-refractivity contribution in [1.29, 1.82) is 0 Å². The Balaban J connectivity index is 1.78. The lowest BCUT2D eigenvalue weighted by Gasteiger charge is -2.47. The van der Waals surface area contributed by atoms with Crippen molar-refractivity contribution in [3.8, 4) is 0 Å². The van der Waals surface area contributed by atoms with Crippen molar-refractivity contribution in [3.63, 3.8) is 0 Å². The van der Waals surface area contributed by atoms with Gasteiger partial charge in [0.15, 0.2) is 0 Å². The van der Waals surface area contributed by atoms with Gasteiger partial charge in [0, 0.05) is 34.5 Å². The maximum absolute atomic E-state index is 13.0. The average Bonchev–Trinajstić information content (AvgIpc) is 3.35. The van der Waals surface area contributed by atoms with E-state index in [1.54, 1.807) is 0 Å². The van der Waals surface area contributed by atoms with Crippen LogP contribution in [-0.2, 0) is 9.59 Å². The summed E-state index contributed by atoms with van der Waals surface area (Å²) in [4.78, 5) is 39.4. The van der Waals surface area contributed by atoms with Crippen LogP contribution >= 0.6 is 15.9 Å². The predicted octanol–water partition coefficient (Wildman–Crippen LogP) is 4.01. The van der Waals surface area contributed by atoms with Crippen LogP contribution in [-0.4, -0.2) is 45.2 Å². The van der Waals surface area contributed by atoms with Gasteiger partial charge in [-0.2, -0.15) is 0 Å². The summed E-state index contributed by atoms with van der Waals surface area (Å²) in [6.07, 6.45) is 3.23. The lowest BCUT2D eigenvalue weighted by molar-refractivity contribution is -0.142. The van der Waals surface area contributed by atoms with E-state index in [4.69, 9.17) is 5.11 Å². The highest BCUT2D eigenvalue weighted by atomic mass is 79.9. The molecule has 2 aliphatic carbocycles. The first-order valence-electron chi connectivity index (χ1n) is 9.73. The van der Waals surface area contributed by atoms with E-state index in [0.29, 0.717) is 5.69 Å². The minimum absolute atomic E-state index is 0.0221. The van der Waals surface area contributed by atoms with Gasteiger partial charge in [0.25, 0.3) is 0 Å². The van der Waals surface area contributed by atoms with Gasteiger partial charge >= 0.3 is 12.1 Å². The summed E-state index contributed by atoms with van der Waals surface area (Å²) in [7, 11) is 0. The van der Waals surface area contributed by atoms with Crippen molar-refractivity contribution in [2.45, 2.75) is 63.1 Å². The predicted molar refractivity (Wildman–Crippen MR) is 105 cm³/mol. The molecule has 4 rings (SSSR count). The zero-order chi connectivity index (χ0) is 20.0. The number of halogens is 1. The van der Waals surface area contributed by atoms with E-state index in [9.17, 15) is 19.5 Å². The van der Waals surface area contributed by atoms with Crippen LogP contribution in [0.15, 0.2) is 22.7 Å². The lowest BCUT2D eigenvalue weighted by Crippen LogP contribution is -2.52. The van der Waals surface area contributed by atoms with E-state index in [1.807, 2.05) is 23.1 Å². The number of fused-ring (bicyclic) bond motifs is 2. The Labute approximate surface area is 171 Å². The summed E-state index contributed by atoms with van der Waals surface area (Å²) in [6, 6.07) is 5.32. The summed E-state index contributed by atoms with van der Waals surface area (Å²) < 4.78 is 0.840. The van der Waals surface area contributed by atoms with Crippen LogP contribution in [0.1, 0.15) is 56.6 Å². The van der Waals surface area contributed by atoms with Crippen LogP contribution in [0.2, 0.25) is 0 Å². The van der Waals surface area contributed by atoms with Crippen molar-refractivity contribution >= 4 is 39.6 Å². The molecule has 2 saturated carbocycles. The van der Waals surface area contributed by atoms with E-state index in [-0.39, 0.29) is 42.8 Å². The molecule has 3 aliphatic rings. The van der Waals surface area contributed by atoms with Crippen molar-refractivity contribution in [3.05, 3.63) is 28.2 Å². The second-order valence-corrected chi connectivity index (χ2v) is 8.80. The van der Waals surface area contributed by atoms with Gasteiger partial charge in [-0.15, -0.1) is 0 Å². The number of anilines is 1. The molecule has 3 atom stereocenters. The van der Waals surface area contributed by atoms with E-state index in [2.05, 4.69) is 15.9 Å². The van der Waals surface area contributed by atoms with Crippen molar-refractivity contribution in [1.82, 2.24) is 4.90 Å². The number of carboxylic acid groups (broad SMARTS) is 2. The lowest BCUT2D eigenvalue weighted by atomic mass is 9.81. The highest BCUT2D eigenvalue weighted by molar-refractivity contribution is 9.10. The third-order valence-corrected chi connectivity index (χ3v) is 6.62. The molecule has 1 heterocycles. The fourth-order valence-corrected chi connectivity index (χ4v) is 5.31. The zero-order valence-electron chi connectivity index (χ0n) is 15.4. The van der Waals surface area contributed by atoms with Gasteiger partial charge in [0.05, 0.1) is 18.2 Å². The summed E-state index contributed by atoms with van der Waals surface area (Å²) in [5.41, 5.74) is 1.48. The number of carbonyl (C=O) groups is 3. The van der Waals surface area contributed by atoms with Gasteiger partial charge in [-0.05, 0) is 43.9 Å². The number of rotatable bonds is 5. The van der Waals surface area contributed by atoms with Gasteiger partial charge < -0.3 is 15.1 Å². The summed E-state index contributed by atoms with van der Waals surface area (Å²) in [6.45, 7) is 0. The fraction of sp³-hybridized carbons (Fsp3) is 0.550. The number of carbonyl (C=O) groups excluding carboxylic acids is 1. The number of carboxylic acids is 1. The van der Waals surface area contributed by atoms with Crippen molar-refractivity contribution < 1.29 is 24.6 Å². The first-order chi connectivity index (χ1) is 13.4. The molecular formula is C20H23BrN2O5. The minimum Gasteiger partial charge on any atom is -0.481 e. The molecule has 2 fully saturated rings. The van der Waals surface area contributed by atoms with E-state index in [0.717, 1.165) is 42.1 Å². The standard InChI is InChI=1S/C20H23BrN2O5/c21-11-4-7-16-14(10-11)19(13-2-1-3-15(13)23(16)20(27)28)22(12-5-6-12)17(24)8-9-18(25)26/h4,7,10,12-13,15,19H,1-3,5-6,8-9H2,(H,25,26)(H,27,28). The van der Waals surface area contributed by atoms with Gasteiger partial charge in [-0.1, -0.05) is 22.4 Å². The SMILES string of the molecule is O=C(O)CCC(=O)N(C1CC1)C1c2cc(Br)ccc2N(C(=O)O)C2CCCC21. The largest absolute Gasteiger partial charge is 0.481 e. The molecular weight excluding hydrogens is 428 g/mol. The molecule has 2 N–H and O–H groups in total. The van der Waals surface area contributed by atoms with Crippen molar-refractivity contribution in [2.75, 3.05) is 4.90 Å². The average molecular weight is 451 g/mol. The number of hydrogen-bond donors (Lipinski definition) is 2. The van der Waals surface area contributed by atoms with Crippen molar-refractivity contribution in [2.24, 2.45) is 5.92 Å². The van der Waals surface area contributed by atoms with E-state index in [1.165, 1.54) is 4.90 Å². The van der Waals surface area contributed by atoms with Crippen LogP contribution in [0, 0.1) is 5.92 Å². The number of hydrogen-bond acceptors (Lipinski definition) is 3. The van der Waals surface area contributed by atoms with E-state index >= 15 is 0 Å². The molecule has 150 valence electrons. The normalized spacial score (nSPS) is 25.8. The smallest absolute Gasteiger partial charge is 0.412 e. The molecule has 0 spiro atoms. The Hall–Kier alpha value is -2.09. The Morgan fingerprint density at radius 1 is 1.11 bits per heavy atom. The molecule has 3 unspecified atom stereocenters. The number of amides is 2. The second kappa shape index (κ2) is 7.39. The number of aliphatic carboxylic acids is 1. The highest BCUT2D eigenvalue weighted by Crippen LogP contribution is 2.53. The first kappa shape index (κ1) is 19.2. The number of nitrogens with zero attached hydrogens (tertiary/aromatic N) is 2. The molecule has 7 nitrogen and oxygen atoms in total. The van der Waals surface area contributed by atoms with Crippen LogP contribution in [0.3, 0.4) is 0 Å². The van der Waals surface area contributed by atoms with Gasteiger partial charge in [-0.3, -0.25) is 14.5 Å². The van der Waals surface area contributed by atoms with Gasteiger partial charge in [0.1, 0.15) is 0 Å². The Morgan fingerprint density at radius 2 is 1.86 bits per heavy atom. The zero-order valence-corrected chi connectivity index (χ0v) is 17.0. The van der Waals surface area contributed by atoms with Crippen LogP contribution in [0.4, 0.5) is 10.5 Å². The van der Waals surface area contributed by atoms with Crippen LogP contribution in [0.5, 0.6) is 0 Å². The molecule has 0 bridgehead atoms. The monoisotopic (exact) mass is 450 g/mol. The van der Waals surface area contributed by atoms with Crippen LogP contribution < -0.4 is 4.90 Å². The summed E-state index contributed by atoms with van der Waals surface area (Å²) in [5, 5.41) is 18.9. The summed E-state index contributed by atoms with van der Waals surface area (Å²) >= 11 is 3.49. The molecule has 1 aromatic rings. The highest BCUT2D eigenvalue weighted by Gasteiger charge is 2.51. The molecule has 1 aromatic carbocycles. The topological polar surface area (TPSA) is 98.2 Å². The van der Waals surface area contributed by atoms with Gasteiger partial charge in [0.2, 0.25) is 5.91 Å². The first-order valence-corrected chi connectivity index (χ1v) is 10.5. The molecule has 0 radical (unpaired) electrons. The Kier molecular flexibility index (Phi) is 5.07. The quantitative estimate of drug-likeness (QED) is 0.705. The molecule has 1 aliphatic heterocycles. The second-order valence-electron chi connectivity index (χ2n) is 7.89. The molecule has 28 heavy (non-hydrogen) atoms. The Morgan fingerprint density at radius 3 is 2.50 bits per heavy atom. The van der Waals surface area contributed by atoms with Gasteiger partial charge in [-0.25, -0.2) is 4.79 Å². The third-order valence-electron chi connectivity index (χ3n) is 6.12.